The Labute approximate surface area is 108 Å². The van der Waals surface area contributed by atoms with E-state index in [0.717, 1.165) is 24.1 Å². The maximum Gasteiger partial charge on any atom is 0.193 e. The first-order valence-electron chi connectivity index (χ1n) is 6.60. The molecule has 5 nitrogen and oxygen atoms in total. The summed E-state index contributed by atoms with van der Waals surface area (Å²) in [5.74, 6) is 1.73. The first-order chi connectivity index (χ1) is 8.79. The molecule has 18 heavy (non-hydrogen) atoms. The summed E-state index contributed by atoms with van der Waals surface area (Å²) in [6.07, 6.45) is 7.03. The molecule has 0 radical (unpaired) electrons. The van der Waals surface area contributed by atoms with Gasteiger partial charge in [-0.05, 0) is 18.8 Å². The predicted molar refractivity (Wildman–Crippen MR) is 71.3 cm³/mol. The number of nitrogens with one attached hydrogen (secondary N) is 1. The fourth-order valence-electron chi connectivity index (χ4n) is 2.47. The van der Waals surface area contributed by atoms with Crippen LogP contribution in [0.15, 0.2) is 21.8 Å². The number of aromatic nitrogens is 1. The molecule has 0 atom stereocenters. The van der Waals surface area contributed by atoms with Gasteiger partial charge in [0.1, 0.15) is 12.0 Å². The average molecular weight is 250 g/mol. The van der Waals surface area contributed by atoms with Gasteiger partial charge in [-0.1, -0.05) is 18.0 Å². The van der Waals surface area contributed by atoms with Crippen LogP contribution in [0.2, 0.25) is 0 Å². The van der Waals surface area contributed by atoms with Gasteiger partial charge in [0.05, 0.1) is 6.54 Å². The van der Waals surface area contributed by atoms with Crippen LogP contribution in [-0.4, -0.2) is 36.7 Å². The van der Waals surface area contributed by atoms with Crippen molar-refractivity contribution in [2.75, 3.05) is 20.6 Å². The molecule has 100 valence electrons. The van der Waals surface area contributed by atoms with Gasteiger partial charge >= 0.3 is 0 Å². The van der Waals surface area contributed by atoms with Gasteiger partial charge in [-0.3, -0.25) is 4.99 Å². The Balaban J connectivity index is 1.80. The number of guanidine groups is 1. The van der Waals surface area contributed by atoms with Gasteiger partial charge in [0, 0.05) is 26.7 Å². The van der Waals surface area contributed by atoms with Crippen molar-refractivity contribution in [1.82, 2.24) is 15.4 Å². The Morgan fingerprint density at radius 1 is 1.56 bits per heavy atom. The van der Waals surface area contributed by atoms with Crippen LogP contribution < -0.4 is 5.32 Å². The molecule has 1 aliphatic carbocycles. The molecule has 1 N–H and O–H groups in total. The van der Waals surface area contributed by atoms with Gasteiger partial charge in [-0.15, -0.1) is 0 Å². The third kappa shape index (κ3) is 3.48. The van der Waals surface area contributed by atoms with Crippen molar-refractivity contribution in [3.63, 3.8) is 0 Å². The third-order valence-electron chi connectivity index (χ3n) is 3.49. The number of rotatable bonds is 4. The van der Waals surface area contributed by atoms with E-state index in [4.69, 9.17) is 4.52 Å². The summed E-state index contributed by atoms with van der Waals surface area (Å²) in [6.45, 7) is 1.73. The predicted octanol–water partition coefficient (Wildman–Crippen LogP) is 1.87. The Kier molecular flexibility index (Phi) is 4.61. The summed E-state index contributed by atoms with van der Waals surface area (Å²) in [6, 6.07) is 1.88. The quantitative estimate of drug-likeness (QED) is 0.655. The van der Waals surface area contributed by atoms with E-state index in [-0.39, 0.29) is 0 Å². The van der Waals surface area contributed by atoms with E-state index in [1.807, 2.05) is 20.2 Å². The minimum atomic E-state index is 0.709. The molecular formula is C13H22N4O. The standard InChI is InChI=1S/C13H22N4O/c1-14-13(15-9-11-5-3-4-6-11)17(2)10-12-7-8-18-16-12/h7-8,11H,3-6,9-10H2,1-2H3,(H,14,15). The molecule has 0 aromatic carbocycles. The summed E-state index contributed by atoms with van der Waals surface area (Å²) >= 11 is 0. The Morgan fingerprint density at radius 3 is 2.94 bits per heavy atom. The van der Waals surface area contributed by atoms with Gasteiger partial charge in [0.2, 0.25) is 0 Å². The lowest BCUT2D eigenvalue weighted by molar-refractivity contribution is 0.389. The first-order valence-corrected chi connectivity index (χ1v) is 6.60. The Morgan fingerprint density at radius 2 is 2.33 bits per heavy atom. The normalized spacial score (nSPS) is 17.1. The highest BCUT2D eigenvalue weighted by molar-refractivity contribution is 5.79. The summed E-state index contributed by atoms with van der Waals surface area (Å²) in [4.78, 5) is 6.36. The molecule has 5 heteroatoms. The molecule has 0 aliphatic heterocycles. The number of aliphatic imine (C=N–C) groups is 1. The number of hydrogen-bond acceptors (Lipinski definition) is 3. The molecule has 0 saturated heterocycles. The highest BCUT2D eigenvalue weighted by Gasteiger charge is 2.16. The van der Waals surface area contributed by atoms with Gasteiger partial charge < -0.3 is 14.7 Å². The lowest BCUT2D eigenvalue weighted by atomic mass is 10.1. The highest BCUT2D eigenvalue weighted by atomic mass is 16.5. The van der Waals surface area contributed by atoms with Gasteiger partial charge in [0.15, 0.2) is 5.96 Å². The van der Waals surface area contributed by atoms with Crippen molar-refractivity contribution in [2.24, 2.45) is 10.9 Å². The topological polar surface area (TPSA) is 53.7 Å². The molecule has 0 bridgehead atoms. The molecule has 1 heterocycles. The number of hydrogen-bond donors (Lipinski definition) is 1. The summed E-state index contributed by atoms with van der Waals surface area (Å²) in [5, 5.41) is 7.35. The van der Waals surface area contributed by atoms with Crippen molar-refractivity contribution in [3.8, 4) is 0 Å². The molecule has 1 fully saturated rings. The zero-order valence-corrected chi connectivity index (χ0v) is 11.2. The second-order valence-corrected chi connectivity index (χ2v) is 4.93. The van der Waals surface area contributed by atoms with Crippen molar-refractivity contribution < 1.29 is 4.52 Å². The average Bonchev–Trinajstić information content (AvgIpc) is 3.02. The maximum absolute atomic E-state index is 4.83. The first kappa shape index (κ1) is 12.9. The van der Waals surface area contributed by atoms with Crippen molar-refractivity contribution >= 4 is 5.96 Å². The molecule has 0 spiro atoms. The molecule has 1 aromatic heterocycles. The second kappa shape index (κ2) is 6.42. The van der Waals surface area contributed by atoms with Gasteiger partial charge in [-0.25, -0.2) is 0 Å². The Hall–Kier alpha value is -1.52. The summed E-state index contributed by atoms with van der Waals surface area (Å²) in [5.41, 5.74) is 0.918. The Bertz CT molecular complexity index is 368. The fraction of sp³-hybridized carbons (Fsp3) is 0.692. The minimum Gasteiger partial charge on any atom is -0.364 e. The van der Waals surface area contributed by atoms with E-state index in [1.165, 1.54) is 25.7 Å². The molecule has 2 rings (SSSR count). The van der Waals surface area contributed by atoms with E-state index in [1.54, 1.807) is 6.26 Å². The van der Waals surface area contributed by atoms with Crippen LogP contribution in [0, 0.1) is 5.92 Å². The maximum atomic E-state index is 4.83. The van der Waals surface area contributed by atoms with Crippen LogP contribution in [0.3, 0.4) is 0 Å². The van der Waals surface area contributed by atoms with E-state index < -0.39 is 0 Å². The monoisotopic (exact) mass is 250 g/mol. The molecule has 1 aliphatic rings. The van der Waals surface area contributed by atoms with E-state index in [9.17, 15) is 0 Å². The van der Waals surface area contributed by atoms with Gasteiger partial charge in [-0.2, -0.15) is 0 Å². The van der Waals surface area contributed by atoms with Crippen molar-refractivity contribution in [2.45, 2.75) is 32.2 Å². The SMILES string of the molecule is CN=C(NCC1CCCC1)N(C)Cc1ccon1. The van der Waals surface area contributed by atoms with Crippen LogP contribution in [0.5, 0.6) is 0 Å². The van der Waals surface area contributed by atoms with Crippen molar-refractivity contribution in [3.05, 3.63) is 18.0 Å². The third-order valence-corrected chi connectivity index (χ3v) is 3.49. The van der Waals surface area contributed by atoms with E-state index >= 15 is 0 Å². The summed E-state index contributed by atoms with van der Waals surface area (Å²) < 4.78 is 4.83. The molecular weight excluding hydrogens is 228 g/mol. The van der Waals surface area contributed by atoms with Crippen LogP contribution in [0.4, 0.5) is 0 Å². The summed E-state index contributed by atoms with van der Waals surface area (Å²) in [7, 11) is 3.83. The fourth-order valence-corrected chi connectivity index (χ4v) is 2.47. The number of nitrogens with zero attached hydrogens (tertiary/aromatic N) is 3. The largest absolute Gasteiger partial charge is 0.364 e. The van der Waals surface area contributed by atoms with E-state index in [2.05, 4.69) is 20.4 Å². The molecule has 0 unspecified atom stereocenters. The van der Waals surface area contributed by atoms with Crippen LogP contribution >= 0.6 is 0 Å². The molecule has 0 amide bonds. The van der Waals surface area contributed by atoms with Crippen molar-refractivity contribution in [1.29, 1.82) is 0 Å². The van der Waals surface area contributed by atoms with Crippen LogP contribution in [0.25, 0.3) is 0 Å². The minimum absolute atomic E-state index is 0.709. The van der Waals surface area contributed by atoms with Crippen LogP contribution in [-0.2, 0) is 6.54 Å². The second-order valence-electron chi connectivity index (χ2n) is 4.93. The lowest BCUT2D eigenvalue weighted by Crippen LogP contribution is -2.40. The molecule has 1 aromatic rings. The van der Waals surface area contributed by atoms with E-state index in [0.29, 0.717) is 6.54 Å². The molecule has 1 saturated carbocycles. The zero-order valence-electron chi connectivity index (χ0n) is 11.2. The van der Waals surface area contributed by atoms with Gasteiger partial charge in [0.25, 0.3) is 0 Å². The highest BCUT2D eigenvalue weighted by Crippen LogP contribution is 2.23. The zero-order chi connectivity index (χ0) is 12.8. The lowest BCUT2D eigenvalue weighted by Gasteiger charge is -2.22. The smallest absolute Gasteiger partial charge is 0.193 e. The van der Waals surface area contributed by atoms with Crippen LogP contribution in [0.1, 0.15) is 31.4 Å².